The smallest absolute Gasteiger partial charge is 0.264 e. The van der Waals surface area contributed by atoms with Crippen molar-refractivity contribution in [1.29, 1.82) is 0 Å². The van der Waals surface area contributed by atoms with Gasteiger partial charge in [-0.05, 0) is 75.4 Å². The first kappa shape index (κ1) is 31.2. The highest BCUT2D eigenvalue weighted by atomic mass is 32.2. The summed E-state index contributed by atoms with van der Waals surface area (Å²) >= 11 is 1.52. The van der Waals surface area contributed by atoms with Gasteiger partial charge in [-0.15, -0.1) is 11.8 Å². The number of anilines is 1. The lowest BCUT2D eigenvalue weighted by Gasteiger charge is -2.32. The molecule has 0 spiro atoms. The number of carbonyl (C=O) groups excluding carboxylic acids is 2. The molecule has 0 aromatic heterocycles. The van der Waals surface area contributed by atoms with Crippen LogP contribution in [0.4, 0.5) is 5.69 Å². The van der Waals surface area contributed by atoms with Crippen LogP contribution >= 0.6 is 11.8 Å². The molecule has 3 aromatic carbocycles. The van der Waals surface area contributed by atoms with Crippen LogP contribution < -0.4 is 9.62 Å². The summed E-state index contributed by atoms with van der Waals surface area (Å²) in [6.45, 7) is 7.85. The summed E-state index contributed by atoms with van der Waals surface area (Å²) in [7, 11) is -4.09. The number of thioether (sulfide) groups is 1. The molecule has 0 fully saturated rings. The maximum Gasteiger partial charge on any atom is 0.264 e. The molecule has 40 heavy (non-hydrogen) atoms. The summed E-state index contributed by atoms with van der Waals surface area (Å²) in [5, 5.41) is 2.91. The number of aryl methyl sites for hydroxylation is 2. The topological polar surface area (TPSA) is 86.8 Å². The third-order valence-corrected chi connectivity index (χ3v) is 9.25. The molecule has 0 unspecified atom stereocenters. The zero-order valence-electron chi connectivity index (χ0n) is 23.9. The highest BCUT2D eigenvalue weighted by Crippen LogP contribution is 2.26. The van der Waals surface area contributed by atoms with Crippen LogP contribution in [0.15, 0.2) is 82.6 Å². The molecule has 3 aromatic rings. The lowest BCUT2D eigenvalue weighted by molar-refractivity contribution is -0.139. The van der Waals surface area contributed by atoms with E-state index in [0.717, 1.165) is 38.7 Å². The van der Waals surface area contributed by atoms with Gasteiger partial charge in [-0.1, -0.05) is 60.9 Å². The van der Waals surface area contributed by atoms with Gasteiger partial charge >= 0.3 is 0 Å². The Morgan fingerprint density at radius 1 is 0.900 bits per heavy atom. The number of amides is 2. The molecule has 0 aliphatic carbocycles. The first-order valence-corrected chi connectivity index (χ1v) is 16.1. The number of hydrogen-bond donors (Lipinski definition) is 1. The van der Waals surface area contributed by atoms with E-state index in [-0.39, 0.29) is 17.3 Å². The molecule has 0 saturated heterocycles. The van der Waals surface area contributed by atoms with Crippen molar-refractivity contribution in [2.24, 2.45) is 0 Å². The van der Waals surface area contributed by atoms with Crippen molar-refractivity contribution in [2.75, 3.05) is 23.7 Å². The predicted molar refractivity (Wildman–Crippen MR) is 163 cm³/mol. The maximum absolute atomic E-state index is 14.0. The number of rotatable bonds is 13. The van der Waals surface area contributed by atoms with Crippen LogP contribution in [-0.2, 0) is 26.2 Å². The molecule has 0 aliphatic rings. The zero-order chi connectivity index (χ0) is 29.3. The van der Waals surface area contributed by atoms with Gasteiger partial charge in [0.05, 0.1) is 10.6 Å². The van der Waals surface area contributed by atoms with Crippen LogP contribution in [0.3, 0.4) is 0 Å². The number of benzene rings is 3. The summed E-state index contributed by atoms with van der Waals surface area (Å²) in [5.74, 6) is -0.741. The van der Waals surface area contributed by atoms with E-state index in [1.807, 2.05) is 63.4 Å². The van der Waals surface area contributed by atoms with Crippen LogP contribution in [0, 0.1) is 13.8 Å². The Kier molecular flexibility index (Phi) is 11.2. The van der Waals surface area contributed by atoms with Crippen molar-refractivity contribution in [3.63, 3.8) is 0 Å². The Balaban J connectivity index is 1.99. The summed E-state index contributed by atoms with van der Waals surface area (Å²) < 4.78 is 29.0. The largest absolute Gasteiger partial charge is 0.354 e. The lowest BCUT2D eigenvalue weighted by Crippen LogP contribution is -2.51. The van der Waals surface area contributed by atoms with Crippen LogP contribution in [0.25, 0.3) is 0 Å². The fourth-order valence-corrected chi connectivity index (χ4v) is 5.95. The van der Waals surface area contributed by atoms with Gasteiger partial charge in [0.1, 0.15) is 12.6 Å². The average molecular weight is 582 g/mol. The maximum atomic E-state index is 14.0. The lowest BCUT2D eigenvalue weighted by atomic mass is 10.1. The third kappa shape index (κ3) is 8.11. The van der Waals surface area contributed by atoms with Crippen molar-refractivity contribution in [2.45, 2.75) is 62.9 Å². The minimum atomic E-state index is -4.09. The van der Waals surface area contributed by atoms with Gasteiger partial charge in [-0.3, -0.25) is 13.9 Å². The van der Waals surface area contributed by atoms with E-state index in [1.54, 1.807) is 43.3 Å². The Morgan fingerprint density at radius 2 is 1.48 bits per heavy atom. The van der Waals surface area contributed by atoms with E-state index in [2.05, 4.69) is 5.32 Å². The van der Waals surface area contributed by atoms with Gasteiger partial charge in [0.25, 0.3) is 10.0 Å². The van der Waals surface area contributed by atoms with E-state index in [4.69, 9.17) is 0 Å². The summed E-state index contributed by atoms with van der Waals surface area (Å²) in [5.41, 5.74) is 3.28. The van der Waals surface area contributed by atoms with Gasteiger partial charge in [0, 0.05) is 18.0 Å². The Hall–Kier alpha value is -3.30. The normalized spacial score (nSPS) is 12.0. The Bertz CT molecular complexity index is 1370. The molecular weight excluding hydrogens is 542 g/mol. The number of nitrogens with one attached hydrogen (secondary N) is 1. The third-order valence-electron chi connectivity index (χ3n) is 6.72. The first-order chi connectivity index (χ1) is 19.1. The van der Waals surface area contributed by atoms with Crippen molar-refractivity contribution in [1.82, 2.24) is 10.2 Å². The monoisotopic (exact) mass is 581 g/mol. The molecule has 1 atom stereocenters. The van der Waals surface area contributed by atoms with Gasteiger partial charge in [-0.2, -0.15) is 0 Å². The second-order valence-corrected chi connectivity index (χ2v) is 12.6. The Labute approximate surface area is 243 Å². The fraction of sp³-hybridized carbons (Fsp3) is 0.355. The van der Waals surface area contributed by atoms with Crippen LogP contribution in [0.5, 0.6) is 0 Å². The molecule has 2 amide bonds. The zero-order valence-corrected chi connectivity index (χ0v) is 25.5. The number of sulfonamides is 1. The highest BCUT2D eigenvalue weighted by molar-refractivity contribution is 7.98. The van der Waals surface area contributed by atoms with E-state index >= 15 is 0 Å². The summed E-state index contributed by atoms with van der Waals surface area (Å²) in [6.07, 6.45) is 3.68. The van der Waals surface area contributed by atoms with Crippen LogP contribution in [0.2, 0.25) is 0 Å². The molecule has 0 bridgehead atoms. The molecule has 0 heterocycles. The van der Waals surface area contributed by atoms with Crippen molar-refractivity contribution >= 4 is 39.3 Å². The number of unbranched alkanes of at least 4 members (excludes halogenated alkanes) is 1. The minimum Gasteiger partial charge on any atom is -0.354 e. The van der Waals surface area contributed by atoms with Gasteiger partial charge in [0.2, 0.25) is 11.8 Å². The number of carbonyl (C=O) groups is 2. The molecule has 7 nitrogen and oxygen atoms in total. The highest BCUT2D eigenvalue weighted by Gasteiger charge is 2.32. The minimum absolute atomic E-state index is 0.0918. The van der Waals surface area contributed by atoms with E-state index in [1.165, 1.54) is 16.7 Å². The van der Waals surface area contributed by atoms with Crippen molar-refractivity contribution in [3.8, 4) is 0 Å². The van der Waals surface area contributed by atoms with E-state index in [0.29, 0.717) is 12.2 Å². The van der Waals surface area contributed by atoms with Gasteiger partial charge in [0.15, 0.2) is 0 Å². The fourth-order valence-electron chi connectivity index (χ4n) is 4.12. The van der Waals surface area contributed by atoms with Crippen molar-refractivity contribution in [3.05, 3.63) is 89.5 Å². The SMILES string of the molecule is CCCCNC(=O)[C@@H](C)N(Cc1ccc(C)cc1)C(=O)CN(c1ccc(C)cc1)S(=O)(=O)c1ccc(SC)cc1. The number of hydrogen-bond acceptors (Lipinski definition) is 5. The summed E-state index contributed by atoms with van der Waals surface area (Å²) in [4.78, 5) is 29.5. The second kappa shape index (κ2) is 14.4. The van der Waals surface area contributed by atoms with E-state index in [9.17, 15) is 18.0 Å². The quantitative estimate of drug-likeness (QED) is 0.211. The number of nitrogens with zero attached hydrogens (tertiary/aromatic N) is 2. The molecule has 3 rings (SSSR count). The molecule has 1 N–H and O–H groups in total. The predicted octanol–water partition coefficient (Wildman–Crippen LogP) is 5.55. The first-order valence-electron chi connectivity index (χ1n) is 13.4. The van der Waals surface area contributed by atoms with Crippen molar-refractivity contribution < 1.29 is 18.0 Å². The molecule has 0 radical (unpaired) electrons. The van der Waals surface area contributed by atoms with Gasteiger partial charge in [-0.25, -0.2) is 8.42 Å². The molecular formula is C31H39N3O4S2. The standard InChI is InChI=1S/C31H39N3O4S2/c1-6-7-20-32-31(36)25(4)33(21-26-12-8-23(2)9-13-26)30(35)22-34(27-14-10-24(3)11-15-27)40(37,38)29-18-16-28(39-5)17-19-29/h8-19,25H,6-7,20-22H2,1-5H3,(H,32,36)/t25-/m1/s1. The molecule has 0 saturated carbocycles. The molecule has 0 aliphatic heterocycles. The second-order valence-electron chi connectivity index (χ2n) is 9.85. The van der Waals surface area contributed by atoms with E-state index < -0.39 is 28.5 Å². The molecule has 9 heteroatoms. The van der Waals surface area contributed by atoms with Gasteiger partial charge < -0.3 is 10.2 Å². The van der Waals surface area contributed by atoms with Crippen LogP contribution in [-0.4, -0.2) is 50.5 Å². The van der Waals surface area contributed by atoms with Crippen LogP contribution in [0.1, 0.15) is 43.4 Å². The Morgan fingerprint density at radius 3 is 2.02 bits per heavy atom. The summed E-state index contributed by atoms with van der Waals surface area (Å²) in [6, 6.07) is 20.6. The average Bonchev–Trinajstić information content (AvgIpc) is 2.95. The molecule has 214 valence electrons.